The van der Waals surface area contributed by atoms with Crippen molar-refractivity contribution in [1.82, 2.24) is 5.32 Å². The Labute approximate surface area is 153 Å². The van der Waals surface area contributed by atoms with Gasteiger partial charge in [-0.2, -0.15) is 0 Å². The van der Waals surface area contributed by atoms with Crippen LogP contribution in [0.1, 0.15) is 17.0 Å². The number of benzene rings is 2. The molecule has 1 fully saturated rings. The van der Waals surface area contributed by atoms with Gasteiger partial charge >= 0.3 is 0 Å². The standard InChI is InChI=1S/C21H24N2O3/c1-25-19-8-7-14(9-20(19)26-2)10-21(24)23-13-15-11-22-12-17(15)16-5-3-4-6-18(16)23/h3-9,15,17,22H,10-13H2,1-2H3/t15-,17-/m0/s1. The predicted molar refractivity (Wildman–Crippen MR) is 101 cm³/mol. The molecule has 0 aromatic heterocycles. The van der Waals surface area contributed by atoms with Crippen LogP contribution < -0.4 is 19.7 Å². The van der Waals surface area contributed by atoms with Crippen molar-refractivity contribution in [3.8, 4) is 11.5 Å². The number of nitrogens with zero attached hydrogens (tertiary/aromatic N) is 1. The fourth-order valence-electron chi connectivity index (χ4n) is 4.17. The monoisotopic (exact) mass is 352 g/mol. The van der Waals surface area contributed by atoms with E-state index in [0.717, 1.165) is 30.9 Å². The van der Waals surface area contributed by atoms with Gasteiger partial charge in [-0.15, -0.1) is 0 Å². The second kappa shape index (κ2) is 7.00. The number of nitrogens with one attached hydrogen (secondary N) is 1. The van der Waals surface area contributed by atoms with Gasteiger partial charge in [-0.25, -0.2) is 0 Å². The Balaban J connectivity index is 1.60. The third kappa shape index (κ3) is 2.92. The summed E-state index contributed by atoms with van der Waals surface area (Å²) in [6, 6.07) is 14.0. The zero-order valence-corrected chi connectivity index (χ0v) is 15.2. The van der Waals surface area contributed by atoms with E-state index in [0.29, 0.717) is 29.8 Å². The van der Waals surface area contributed by atoms with Gasteiger partial charge in [-0.1, -0.05) is 24.3 Å². The van der Waals surface area contributed by atoms with Gasteiger partial charge in [-0.05, 0) is 35.2 Å². The fraction of sp³-hybridized carbons (Fsp3) is 0.381. The highest BCUT2D eigenvalue weighted by Crippen LogP contribution is 2.40. The minimum absolute atomic E-state index is 0.120. The first-order valence-electron chi connectivity index (χ1n) is 9.02. The van der Waals surface area contributed by atoms with Crippen molar-refractivity contribution in [1.29, 1.82) is 0 Å². The number of para-hydroxylation sites is 1. The van der Waals surface area contributed by atoms with E-state index < -0.39 is 0 Å². The number of carbonyl (C=O) groups excluding carboxylic acids is 1. The quantitative estimate of drug-likeness (QED) is 0.919. The maximum Gasteiger partial charge on any atom is 0.231 e. The van der Waals surface area contributed by atoms with E-state index in [4.69, 9.17) is 9.47 Å². The summed E-state index contributed by atoms with van der Waals surface area (Å²) >= 11 is 0. The third-order valence-corrected chi connectivity index (χ3v) is 5.49. The molecule has 0 saturated carbocycles. The van der Waals surface area contributed by atoms with Gasteiger partial charge in [0.25, 0.3) is 0 Å². The molecule has 0 spiro atoms. The molecule has 0 aliphatic carbocycles. The molecule has 1 amide bonds. The average molecular weight is 352 g/mol. The van der Waals surface area contributed by atoms with Crippen molar-refractivity contribution < 1.29 is 14.3 Å². The largest absolute Gasteiger partial charge is 0.493 e. The van der Waals surface area contributed by atoms with Gasteiger partial charge in [0.05, 0.1) is 20.6 Å². The normalized spacial score (nSPS) is 21.1. The summed E-state index contributed by atoms with van der Waals surface area (Å²) in [6.07, 6.45) is 0.347. The molecule has 2 heterocycles. The topological polar surface area (TPSA) is 50.8 Å². The number of rotatable bonds is 4. The average Bonchev–Trinajstić information content (AvgIpc) is 3.16. The van der Waals surface area contributed by atoms with Crippen molar-refractivity contribution in [2.24, 2.45) is 5.92 Å². The highest BCUT2D eigenvalue weighted by atomic mass is 16.5. The molecule has 5 heteroatoms. The van der Waals surface area contributed by atoms with Crippen LogP contribution in [0.5, 0.6) is 11.5 Å². The number of amides is 1. The van der Waals surface area contributed by atoms with Crippen molar-refractivity contribution in [2.45, 2.75) is 12.3 Å². The summed E-state index contributed by atoms with van der Waals surface area (Å²) in [5.74, 6) is 2.44. The van der Waals surface area contributed by atoms with Crippen LogP contribution in [0.2, 0.25) is 0 Å². The Kier molecular flexibility index (Phi) is 4.55. The Morgan fingerprint density at radius 2 is 1.92 bits per heavy atom. The van der Waals surface area contributed by atoms with E-state index in [9.17, 15) is 4.79 Å². The molecule has 2 aliphatic heterocycles. The second-order valence-corrected chi connectivity index (χ2v) is 6.95. The molecular formula is C21H24N2O3. The Morgan fingerprint density at radius 3 is 2.73 bits per heavy atom. The van der Waals surface area contributed by atoms with Crippen LogP contribution in [-0.2, 0) is 11.2 Å². The highest BCUT2D eigenvalue weighted by Gasteiger charge is 2.38. The van der Waals surface area contributed by atoms with Crippen LogP contribution in [0.15, 0.2) is 42.5 Å². The van der Waals surface area contributed by atoms with E-state index in [1.165, 1.54) is 5.56 Å². The number of carbonyl (C=O) groups is 1. The molecule has 2 atom stereocenters. The van der Waals surface area contributed by atoms with E-state index in [1.807, 2.05) is 29.2 Å². The van der Waals surface area contributed by atoms with Crippen LogP contribution in [0.25, 0.3) is 0 Å². The third-order valence-electron chi connectivity index (χ3n) is 5.49. The number of methoxy groups -OCH3 is 2. The Bertz CT molecular complexity index is 821. The van der Waals surface area contributed by atoms with Crippen molar-refractivity contribution in [3.63, 3.8) is 0 Å². The van der Waals surface area contributed by atoms with Gasteiger partial charge in [0.2, 0.25) is 5.91 Å². The lowest BCUT2D eigenvalue weighted by molar-refractivity contribution is -0.118. The number of hydrogen-bond acceptors (Lipinski definition) is 4. The Morgan fingerprint density at radius 1 is 1.12 bits per heavy atom. The highest BCUT2D eigenvalue weighted by molar-refractivity contribution is 5.96. The summed E-state index contributed by atoms with van der Waals surface area (Å²) in [5, 5.41) is 3.47. The zero-order chi connectivity index (χ0) is 18.1. The number of hydrogen-bond donors (Lipinski definition) is 1. The molecule has 2 aromatic rings. The van der Waals surface area contributed by atoms with Crippen LogP contribution >= 0.6 is 0 Å². The number of fused-ring (bicyclic) bond motifs is 3. The first kappa shape index (κ1) is 16.9. The minimum atomic E-state index is 0.120. The second-order valence-electron chi connectivity index (χ2n) is 6.95. The van der Waals surface area contributed by atoms with Crippen molar-refractivity contribution in [2.75, 3.05) is 38.8 Å². The molecule has 1 N–H and O–H groups in total. The molecule has 2 aliphatic rings. The van der Waals surface area contributed by atoms with Crippen LogP contribution in [0.3, 0.4) is 0 Å². The molecular weight excluding hydrogens is 328 g/mol. The number of anilines is 1. The predicted octanol–water partition coefficient (Wildman–Crippen LogP) is 2.60. The molecule has 0 unspecified atom stereocenters. The molecule has 26 heavy (non-hydrogen) atoms. The first-order valence-corrected chi connectivity index (χ1v) is 9.02. The van der Waals surface area contributed by atoms with E-state index >= 15 is 0 Å². The van der Waals surface area contributed by atoms with Gasteiger partial charge < -0.3 is 19.7 Å². The maximum absolute atomic E-state index is 13.1. The van der Waals surface area contributed by atoms with Gasteiger partial charge in [0, 0.05) is 31.2 Å². The van der Waals surface area contributed by atoms with Gasteiger partial charge in [-0.3, -0.25) is 4.79 Å². The SMILES string of the molecule is COc1ccc(CC(=O)N2C[C@@H]3CNC[C@@H]3c3ccccc32)cc1OC. The molecule has 1 saturated heterocycles. The zero-order valence-electron chi connectivity index (χ0n) is 15.2. The van der Waals surface area contributed by atoms with Crippen LogP contribution in [0.4, 0.5) is 5.69 Å². The lowest BCUT2D eigenvalue weighted by atomic mass is 9.83. The van der Waals surface area contributed by atoms with Gasteiger partial charge in [0.15, 0.2) is 11.5 Å². The molecule has 2 aromatic carbocycles. The van der Waals surface area contributed by atoms with Crippen LogP contribution in [-0.4, -0.2) is 39.8 Å². The lowest BCUT2D eigenvalue weighted by Crippen LogP contribution is -2.42. The van der Waals surface area contributed by atoms with Crippen molar-refractivity contribution in [3.05, 3.63) is 53.6 Å². The van der Waals surface area contributed by atoms with E-state index in [2.05, 4.69) is 23.5 Å². The van der Waals surface area contributed by atoms with Gasteiger partial charge in [0.1, 0.15) is 0 Å². The van der Waals surface area contributed by atoms with E-state index in [-0.39, 0.29) is 5.91 Å². The summed E-state index contributed by atoms with van der Waals surface area (Å²) in [6.45, 7) is 2.75. The molecule has 136 valence electrons. The Hall–Kier alpha value is -2.53. The smallest absolute Gasteiger partial charge is 0.231 e. The summed E-state index contributed by atoms with van der Waals surface area (Å²) in [4.78, 5) is 15.1. The van der Waals surface area contributed by atoms with E-state index in [1.54, 1.807) is 14.2 Å². The summed E-state index contributed by atoms with van der Waals surface area (Å²) in [7, 11) is 3.22. The maximum atomic E-state index is 13.1. The van der Waals surface area contributed by atoms with Crippen LogP contribution in [0, 0.1) is 5.92 Å². The minimum Gasteiger partial charge on any atom is -0.493 e. The molecule has 5 nitrogen and oxygen atoms in total. The summed E-state index contributed by atoms with van der Waals surface area (Å²) in [5.41, 5.74) is 3.27. The molecule has 0 bridgehead atoms. The molecule has 4 rings (SSSR count). The molecule has 0 radical (unpaired) electrons. The lowest BCUT2D eigenvalue weighted by Gasteiger charge is -2.36. The van der Waals surface area contributed by atoms with Crippen molar-refractivity contribution >= 4 is 11.6 Å². The number of ether oxygens (including phenoxy) is 2. The fourth-order valence-corrected chi connectivity index (χ4v) is 4.17. The first-order chi connectivity index (χ1) is 12.7. The summed E-state index contributed by atoms with van der Waals surface area (Å²) < 4.78 is 10.6.